The van der Waals surface area contributed by atoms with Crippen LogP contribution in [0.2, 0.25) is 0 Å². The summed E-state index contributed by atoms with van der Waals surface area (Å²) in [5, 5.41) is 9.82. The monoisotopic (exact) mass is 190 g/mol. The second-order valence-corrected chi connectivity index (χ2v) is 3.50. The van der Waals surface area contributed by atoms with E-state index < -0.39 is 6.10 Å². The van der Waals surface area contributed by atoms with Crippen LogP contribution in [0, 0.1) is 5.92 Å². The molecule has 4 heteroatoms. The van der Waals surface area contributed by atoms with Crippen molar-refractivity contribution in [1.82, 2.24) is 0 Å². The maximum absolute atomic E-state index is 9.82. The van der Waals surface area contributed by atoms with E-state index in [1.165, 1.54) is 0 Å². The Morgan fingerprint density at radius 3 is 2.23 bits per heavy atom. The zero-order chi connectivity index (χ0) is 10.0. The van der Waals surface area contributed by atoms with E-state index in [-0.39, 0.29) is 24.4 Å². The van der Waals surface area contributed by atoms with Crippen LogP contribution >= 0.6 is 0 Å². The minimum absolute atomic E-state index is 0.0638. The number of methoxy groups -OCH3 is 2. The van der Waals surface area contributed by atoms with Gasteiger partial charge in [-0.05, 0) is 6.92 Å². The number of rotatable bonds is 2. The van der Waals surface area contributed by atoms with Gasteiger partial charge in [-0.1, -0.05) is 6.92 Å². The molecule has 4 nitrogen and oxygen atoms in total. The molecule has 0 saturated carbocycles. The molecule has 0 spiro atoms. The summed E-state index contributed by atoms with van der Waals surface area (Å²) in [5.74, 6) is -0.0638. The van der Waals surface area contributed by atoms with Crippen molar-refractivity contribution in [2.24, 2.45) is 5.92 Å². The maximum atomic E-state index is 9.82. The van der Waals surface area contributed by atoms with Gasteiger partial charge in [-0.2, -0.15) is 0 Å². The van der Waals surface area contributed by atoms with E-state index in [2.05, 4.69) is 0 Å². The lowest BCUT2D eigenvalue weighted by Crippen LogP contribution is -2.53. The van der Waals surface area contributed by atoms with E-state index >= 15 is 0 Å². The second-order valence-electron chi connectivity index (χ2n) is 3.50. The van der Waals surface area contributed by atoms with Gasteiger partial charge in [-0.3, -0.25) is 0 Å². The third kappa shape index (κ3) is 2.02. The summed E-state index contributed by atoms with van der Waals surface area (Å²) in [6, 6.07) is 0. The Morgan fingerprint density at radius 2 is 1.77 bits per heavy atom. The summed E-state index contributed by atoms with van der Waals surface area (Å²) < 4.78 is 15.8. The summed E-state index contributed by atoms with van der Waals surface area (Å²) in [7, 11) is 3.15. The third-order valence-corrected chi connectivity index (χ3v) is 2.62. The number of aliphatic hydroxyl groups is 1. The number of hydrogen-bond acceptors (Lipinski definition) is 4. The Labute approximate surface area is 78.8 Å². The molecule has 0 aromatic carbocycles. The molecule has 0 aliphatic carbocycles. The molecule has 13 heavy (non-hydrogen) atoms. The fraction of sp³-hybridized carbons (Fsp3) is 1.00. The summed E-state index contributed by atoms with van der Waals surface area (Å²) >= 11 is 0. The number of aliphatic hydroxyl groups excluding tert-OH is 1. The van der Waals surface area contributed by atoms with E-state index in [4.69, 9.17) is 14.2 Å². The molecule has 0 aromatic rings. The van der Waals surface area contributed by atoms with Crippen LogP contribution in [0.4, 0.5) is 0 Å². The predicted molar refractivity (Wildman–Crippen MR) is 47.3 cm³/mol. The quantitative estimate of drug-likeness (QED) is 0.684. The van der Waals surface area contributed by atoms with Crippen LogP contribution < -0.4 is 0 Å². The van der Waals surface area contributed by atoms with Crippen LogP contribution in [0.25, 0.3) is 0 Å². The van der Waals surface area contributed by atoms with Crippen LogP contribution in [-0.2, 0) is 14.2 Å². The van der Waals surface area contributed by atoms with Gasteiger partial charge in [-0.15, -0.1) is 0 Å². The molecule has 0 amide bonds. The van der Waals surface area contributed by atoms with Gasteiger partial charge < -0.3 is 19.3 Å². The topological polar surface area (TPSA) is 47.9 Å². The summed E-state index contributed by atoms with van der Waals surface area (Å²) in [6.07, 6.45) is -1.27. The first kappa shape index (κ1) is 10.9. The fourth-order valence-electron chi connectivity index (χ4n) is 1.75. The van der Waals surface area contributed by atoms with Gasteiger partial charge in [0.1, 0.15) is 6.10 Å². The number of ether oxygens (including phenoxy) is 3. The van der Waals surface area contributed by atoms with Gasteiger partial charge in [0.15, 0.2) is 6.29 Å². The standard InChI is InChI=1S/C9H18O4/c1-5-7(10)8(11-3)6(2)13-9(5)12-4/h5-10H,1-4H3. The van der Waals surface area contributed by atoms with Crippen molar-refractivity contribution in [2.45, 2.75) is 38.4 Å². The van der Waals surface area contributed by atoms with Crippen molar-refractivity contribution < 1.29 is 19.3 Å². The third-order valence-electron chi connectivity index (χ3n) is 2.62. The van der Waals surface area contributed by atoms with Crippen molar-refractivity contribution in [3.8, 4) is 0 Å². The zero-order valence-corrected chi connectivity index (χ0v) is 8.56. The van der Waals surface area contributed by atoms with Crippen LogP contribution in [0.1, 0.15) is 13.8 Å². The first-order chi connectivity index (χ1) is 6.11. The average molecular weight is 190 g/mol. The van der Waals surface area contributed by atoms with E-state index in [1.54, 1.807) is 14.2 Å². The molecule has 0 bridgehead atoms. The molecule has 1 rings (SSSR count). The molecule has 1 aliphatic rings. The van der Waals surface area contributed by atoms with Crippen molar-refractivity contribution in [3.63, 3.8) is 0 Å². The Bertz CT molecular complexity index is 162. The highest BCUT2D eigenvalue weighted by molar-refractivity contribution is 4.85. The largest absolute Gasteiger partial charge is 0.390 e. The molecule has 1 fully saturated rings. The lowest BCUT2D eigenvalue weighted by Gasteiger charge is -2.41. The zero-order valence-electron chi connectivity index (χ0n) is 8.56. The smallest absolute Gasteiger partial charge is 0.162 e. The molecule has 1 heterocycles. The number of hydrogen-bond donors (Lipinski definition) is 1. The molecule has 1 aliphatic heterocycles. The molecular weight excluding hydrogens is 172 g/mol. The van der Waals surface area contributed by atoms with Crippen LogP contribution in [0.3, 0.4) is 0 Å². The van der Waals surface area contributed by atoms with Crippen molar-refractivity contribution in [3.05, 3.63) is 0 Å². The molecule has 1 saturated heterocycles. The molecule has 0 aromatic heterocycles. The van der Waals surface area contributed by atoms with Gasteiger partial charge in [-0.25, -0.2) is 0 Å². The van der Waals surface area contributed by atoms with Crippen molar-refractivity contribution >= 4 is 0 Å². The average Bonchev–Trinajstić information content (AvgIpc) is 2.12. The minimum atomic E-state index is -0.529. The molecule has 5 atom stereocenters. The Morgan fingerprint density at radius 1 is 1.15 bits per heavy atom. The first-order valence-corrected chi connectivity index (χ1v) is 4.51. The molecule has 5 unspecified atom stereocenters. The Kier molecular flexibility index (Phi) is 3.67. The van der Waals surface area contributed by atoms with E-state index in [0.717, 1.165) is 0 Å². The van der Waals surface area contributed by atoms with E-state index in [9.17, 15) is 5.11 Å². The minimum Gasteiger partial charge on any atom is -0.390 e. The molecule has 0 radical (unpaired) electrons. The highest BCUT2D eigenvalue weighted by Crippen LogP contribution is 2.27. The fourth-order valence-corrected chi connectivity index (χ4v) is 1.75. The SMILES string of the molecule is COC1OC(C)C(OC)C(O)C1C. The highest BCUT2D eigenvalue weighted by atomic mass is 16.7. The Hall–Kier alpha value is -0.160. The predicted octanol–water partition coefficient (Wildman–Crippen LogP) is 0.390. The molecular formula is C9H18O4. The summed E-state index contributed by atoms with van der Waals surface area (Å²) in [4.78, 5) is 0. The van der Waals surface area contributed by atoms with Gasteiger partial charge >= 0.3 is 0 Å². The van der Waals surface area contributed by atoms with Gasteiger partial charge in [0.05, 0.1) is 12.2 Å². The van der Waals surface area contributed by atoms with Crippen LogP contribution in [0.5, 0.6) is 0 Å². The maximum Gasteiger partial charge on any atom is 0.162 e. The highest BCUT2D eigenvalue weighted by Gasteiger charge is 2.41. The van der Waals surface area contributed by atoms with Gasteiger partial charge in [0, 0.05) is 20.1 Å². The van der Waals surface area contributed by atoms with E-state index in [0.29, 0.717) is 0 Å². The van der Waals surface area contributed by atoms with Crippen molar-refractivity contribution in [1.29, 1.82) is 0 Å². The molecule has 1 N–H and O–H groups in total. The van der Waals surface area contributed by atoms with Crippen LogP contribution in [0.15, 0.2) is 0 Å². The Balaban J connectivity index is 2.66. The lowest BCUT2D eigenvalue weighted by atomic mass is 9.93. The summed E-state index contributed by atoms with van der Waals surface area (Å²) in [6.45, 7) is 3.76. The van der Waals surface area contributed by atoms with Gasteiger partial charge in [0.2, 0.25) is 0 Å². The normalized spacial score (nSPS) is 46.4. The van der Waals surface area contributed by atoms with Crippen molar-refractivity contribution in [2.75, 3.05) is 14.2 Å². The molecule has 78 valence electrons. The summed E-state index contributed by atoms with van der Waals surface area (Å²) in [5.41, 5.74) is 0. The van der Waals surface area contributed by atoms with Gasteiger partial charge in [0.25, 0.3) is 0 Å². The second kappa shape index (κ2) is 4.37. The van der Waals surface area contributed by atoms with Crippen LogP contribution in [-0.4, -0.2) is 43.9 Å². The first-order valence-electron chi connectivity index (χ1n) is 4.51. The van der Waals surface area contributed by atoms with E-state index in [1.807, 2.05) is 13.8 Å². The lowest BCUT2D eigenvalue weighted by molar-refractivity contribution is -0.269.